The predicted molar refractivity (Wildman–Crippen MR) is 84.9 cm³/mol. The molecule has 0 radical (unpaired) electrons. The molecular formula is C17H13N3O2. The van der Waals surface area contributed by atoms with Gasteiger partial charge in [0.1, 0.15) is 5.75 Å². The van der Waals surface area contributed by atoms with Crippen molar-refractivity contribution in [1.82, 2.24) is 10.4 Å². The van der Waals surface area contributed by atoms with E-state index in [1.165, 1.54) is 12.4 Å². The van der Waals surface area contributed by atoms with Gasteiger partial charge in [-0.3, -0.25) is 9.78 Å². The van der Waals surface area contributed by atoms with Crippen molar-refractivity contribution in [2.24, 2.45) is 5.10 Å². The highest BCUT2D eigenvalue weighted by Gasteiger charge is 2.05. The number of fused-ring (bicyclic) bond motifs is 1. The zero-order valence-corrected chi connectivity index (χ0v) is 11.6. The van der Waals surface area contributed by atoms with Crippen LogP contribution in [0.1, 0.15) is 15.9 Å². The van der Waals surface area contributed by atoms with E-state index < -0.39 is 0 Å². The molecule has 108 valence electrons. The maximum Gasteiger partial charge on any atom is 0.272 e. The molecule has 3 aromatic rings. The molecule has 0 fully saturated rings. The van der Waals surface area contributed by atoms with E-state index in [0.29, 0.717) is 5.56 Å². The predicted octanol–water partition coefficient (Wildman–Crippen LogP) is 2.70. The van der Waals surface area contributed by atoms with Gasteiger partial charge in [-0.05, 0) is 42.0 Å². The SMILES string of the molecule is O=C(N/N=C/c1ccc(O)cc1)c1cnc2ccccc2c1. The van der Waals surface area contributed by atoms with Crippen LogP contribution in [0.4, 0.5) is 0 Å². The number of benzene rings is 2. The van der Waals surface area contributed by atoms with Crippen molar-refractivity contribution in [3.63, 3.8) is 0 Å². The number of carbonyl (C=O) groups excluding carboxylic acids is 1. The molecule has 1 aromatic heterocycles. The molecule has 0 saturated heterocycles. The van der Waals surface area contributed by atoms with Crippen LogP contribution in [0.2, 0.25) is 0 Å². The lowest BCUT2D eigenvalue weighted by Gasteiger charge is -2.01. The van der Waals surface area contributed by atoms with Crippen LogP contribution in [0, 0.1) is 0 Å². The topological polar surface area (TPSA) is 74.6 Å². The van der Waals surface area contributed by atoms with E-state index in [4.69, 9.17) is 0 Å². The van der Waals surface area contributed by atoms with E-state index in [1.807, 2.05) is 24.3 Å². The third-order valence-corrected chi connectivity index (χ3v) is 3.13. The summed E-state index contributed by atoms with van der Waals surface area (Å²) in [6.07, 6.45) is 3.03. The number of aromatic hydroxyl groups is 1. The van der Waals surface area contributed by atoms with Crippen LogP contribution >= 0.6 is 0 Å². The molecule has 0 unspecified atom stereocenters. The fourth-order valence-electron chi connectivity index (χ4n) is 1.99. The van der Waals surface area contributed by atoms with Crippen molar-refractivity contribution >= 4 is 23.0 Å². The van der Waals surface area contributed by atoms with E-state index in [1.54, 1.807) is 30.3 Å². The van der Waals surface area contributed by atoms with Crippen LogP contribution < -0.4 is 5.43 Å². The number of hydrogen-bond donors (Lipinski definition) is 2. The van der Waals surface area contributed by atoms with E-state index in [0.717, 1.165) is 16.5 Å². The Balaban J connectivity index is 1.71. The number of phenolic OH excluding ortho intramolecular Hbond substituents is 1. The molecular weight excluding hydrogens is 278 g/mol. The molecule has 1 heterocycles. The van der Waals surface area contributed by atoms with Gasteiger partial charge in [0.2, 0.25) is 0 Å². The Labute approximate surface area is 126 Å². The molecule has 0 atom stereocenters. The first-order chi connectivity index (χ1) is 10.7. The van der Waals surface area contributed by atoms with E-state index in [-0.39, 0.29) is 11.7 Å². The third kappa shape index (κ3) is 3.09. The number of phenols is 1. The largest absolute Gasteiger partial charge is 0.508 e. The minimum atomic E-state index is -0.326. The summed E-state index contributed by atoms with van der Waals surface area (Å²) in [6.45, 7) is 0. The number of hydrazone groups is 1. The van der Waals surface area contributed by atoms with Gasteiger partial charge in [-0.25, -0.2) is 5.43 Å². The Morgan fingerprint density at radius 1 is 1.14 bits per heavy atom. The van der Waals surface area contributed by atoms with Gasteiger partial charge in [-0.2, -0.15) is 5.10 Å². The molecule has 5 heteroatoms. The number of rotatable bonds is 3. The Hall–Kier alpha value is -3.21. The monoisotopic (exact) mass is 291 g/mol. The lowest BCUT2D eigenvalue weighted by atomic mass is 10.1. The molecule has 0 aliphatic heterocycles. The summed E-state index contributed by atoms with van der Waals surface area (Å²) >= 11 is 0. The molecule has 5 nitrogen and oxygen atoms in total. The molecule has 2 N–H and O–H groups in total. The highest BCUT2D eigenvalue weighted by molar-refractivity contribution is 5.97. The minimum absolute atomic E-state index is 0.184. The van der Waals surface area contributed by atoms with Gasteiger partial charge >= 0.3 is 0 Å². The van der Waals surface area contributed by atoms with Crippen molar-refractivity contribution in [2.75, 3.05) is 0 Å². The number of para-hydroxylation sites is 1. The maximum atomic E-state index is 12.0. The van der Waals surface area contributed by atoms with Crippen molar-refractivity contribution in [1.29, 1.82) is 0 Å². The normalized spacial score (nSPS) is 10.9. The molecule has 1 amide bonds. The van der Waals surface area contributed by atoms with Crippen molar-refractivity contribution in [3.8, 4) is 5.75 Å². The zero-order chi connectivity index (χ0) is 15.4. The van der Waals surface area contributed by atoms with Crippen LogP contribution in [0.3, 0.4) is 0 Å². The van der Waals surface area contributed by atoms with Crippen LogP contribution in [0.25, 0.3) is 10.9 Å². The highest BCUT2D eigenvalue weighted by atomic mass is 16.3. The molecule has 0 aliphatic carbocycles. The minimum Gasteiger partial charge on any atom is -0.508 e. The van der Waals surface area contributed by atoms with Gasteiger partial charge in [0.25, 0.3) is 5.91 Å². The maximum absolute atomic E-state index is 12.0. The van der Waals surface area contributed by atoms with Crippen molar-refractivity contribution in [2.45, 2.75) is 0 Å². The van der Waals surface area contributed by atoms with E-state index in [9.17, 15) is 9.90 Å². The summed E-state index contributed by atoms with van der Waals surface area (Å²) in [7, 11) is 0. The average molecular weight is 291 g/mol. The van der Waals surface area contributed by atoms with Crippen LogP contribution in [0.15, 0.2) is 65.9 Å². The standard InChI is InChI=1S/C17H13N3O2/c21-15-7-5-12(6-8-15)10-19-20-17(22)14-9-13-3-1-2-4-16(13)18-11-14/h1-11,21H,(H,20,22)/b19-10+. The average Bonchev–Trinajstić information content (AvgIpc) is 2.56. The molecule has 0 bridgehead atoms. The molecule has 3 rings (SSSR count). The molecule has 0 saturated carbocycles. The molecule has 22 heavy (non-hydrogen) atoms. The number of hydrogen-bond acceptors (Lipinski definition) is 4. The molecule has 0 spiro atoms. The summed E-state index contributed by atoms with van der Waals surface area (Å²) in [6, 6.07) is 15.9. The van der Waals surface area contributed by atoms with E-state index >= 15 is 0 Å². The number of nitrogens with one attached hydrogen (secondary N) is 1. The van der Waals surface area contributed by atoms with Gasteiger partial charge in [0.15, 0.2) is 0 Å². The number of amides is 1. The second-order valence-corrected chi connectivity index (χ2v) is 4.71. The number of carbonyl (C=O) groups is 1. The fraction of sp³-hybridized carbons (Fsp3) is 0. The van der Waals surface area contributed by atoms with Crippen molar-refractivity contribution in [3.05, 3.63) is 71.9 Å². The third-order valence-electron chi connectivity index (χ3n) is 3.13. The highest BCUT2D eigenvalue weighted by Crippen LogP contribution is 2.12. The van der Waals surface area contributed by atoms with Crippen LogP contribution in [-0.2, 0) is 0 Å². The quantitative estimate of drug-likeness (QED) is 0.575. The Kier molecular flexibility index (Phi) is 3.78. The zero-order valence-electron chi connectivity index (χ0n) is 11.6. The Morgan fingerprint density at radius 2 is 1.91 bits per heavy atom. The molecule has 2 aromatic carbocycles. The first-order valence-corrected chi connectivity index (χ1v) is 6.69. The Morgan fingerprint density at radius 3 is 2.73 bits per heavy atom. The lowest BCUT2D eigenvalue weighted by molar-refractivity contribution is 0.0955. The Bertz CT molecular complexity index is 842. The smallest absolute Gasteiger partial charge is 0.272 e. The second kappa shape index (κ2) is 6.05. The number of nitrogens with zero attached hydrogens (tertiary/aromatic N) is 2. The van der Waals surface area contributed by atoms with Gasteiger partial charge < -0.3 is 5.11 Å². The number of pyridine rings is 1. The van der Waals surface area contributed by atoms with E-state index in [2.05, 4.69) is 15.5 Å². The van der Waals surface area contributed by atoms with Gasteiger partial charge in [0.05, 0.1) is 17.3 Å². The van der Waals surface area contributed by atoms with Gasteiger partial charge in [-0.15, -0.1) is 0 Å². The first-order valence-electron chi connectivity index (χ1n) is 6.69. The summed E-state index contributed by atoms with van der Waals surface area (Å²) in [5.74, 6) is -0.142. The summed E-state index contributed by atoms with van der Waals surface area (Å²) in [5.41, 5.74) is 4.51. The van der Waals surface area contributed by atoms with Crippen molar-refractivity contribution < 1.29 is 9.90 Å². The second-order valence-electron chi connectivity index (χ2n) is 4.71. The first kappa shape index (κ1) is 13.8. The molecule has 0 aliphatic rings. The summed E-state index contributed by atoms with van der Waals surface area (Å²) < 4.78 is 0. The fourth-order valence-corrected chi connectivity index (χ4v) is 1.99. The lowest BCUT2D eigenvalue weighted by Crippen LogP contribution is -2.17. The van der Waals surface area contributed by atoms with Gasteiger partial charge in [0, 0.05) is 11.6 Å². The van der Waals surface area contributed by atoms with Crippen LogP contribution in [-0.4, -0.2) is 22.2 Å². The number of aromatic nitrogens is 1. The summed E-state index contributed by atoms with van der Waals surface area (Å²) in [4.78, 5) is 16.3. The van der Waals surface area contributed by atoms with Gasteiger partial charge in [-0.1, -0.05) is 18.2 Å². The van der Waals surface area contributed by atoms with Crippen LogP contribution in [0.5, 0.6) is 5.75 Å². The summed E-state index contributed by atoms with van der Waals surface area (Å²) in [5, 5.41) is 14.0.